The lowest BCUT2D eigenvalue weighted by Gasteiger charge is -2.18. The molecule has 7 heteroatoms. The van der Waals surface area contributed by atoms with Crippen LogP contribution in [0.2, 0.25) is 0 Å². The number of hydrogen-bond donors (Lipinski definition) is 1. The first-order valence-electron chi connectivity index (χ1n) is 9.34. The highest BCUT2D eigenvalue weighted by molar-refractivity contribution is 7.94. The normalized spacial score (nSPS) is 11.2. The first-order chi connectivity index (χ1) is 13.9. The molecule has 152 valence electrons. The van der Waals surface area contributed by atoms with E-state index in [2.05, 4.69) is 36.5 Å². The van der Waals surface area contributed by atoms with Crippen LogP contribution < -0.4 is 9.62 Å². The number of rotatable bonds is 8. The van der Waals surface area contributed by atoms with Crippen molar-refractivity contribution < 1.29 is 13.2 Å². The maximum Gasteiger partial charge on any atom is 0.273 e. The van der Waals surface area contributed by atoms with Gasteiger partial charge in [0.05, 0.1) is 5.69 Å². The quantitative estimate of drug-likeness (QED) is 0.546. The van der Waals surface area contributed by atoms with Crippen LogP contribution >= 0.6 is 11.3 Å². The Labute approximate surface area is 176 Å². The van der Waals surface area contributed by atoms with Crippen molar-refractivity contribution in [1.82, 2.24) is 5.32 Å². The Morgan fingerprint density at radius 2 is 1.72 bits per heavy atom. The third-order valence-electron chi connectivity index (χ3n) is 4.65. The molecule has 0 atom stereocenters. The van der Waals surface area contributed by atoms with Gasteiger partial charge in [0, 0.05) is 19.2 Å². The Kier molecular flexibility index (Phi) is 6.71. The van der Waals surface area contributed by atoms with E-state index in [0.29, 0.717) is 17.8 Å². The summed E-state index contributed by atoms with van der Waals surface area (Å²) in [6, 6.07) is 18.3. The molecule has 0 bridgehead atoms. The summed E-state index contributed by atoms with van der Waals surface area (Å²) in [6.07, 6.45) is 1.76. The standard InChI is InChI=1S/C22H24N2O3S2/c1-17-7-9-18(10-8-17)5-3-15-23-22(25)19-11-13-20(14-12-19)24(2)29(26,27)21-6-4-16-28-21/h4,6-14,16H,3,5,15H2,1-2H3,(H,23,25). The smallest absolute Gasteiger partial charge is 0.273 e. The predicted octanol–water partition coefficient (Wildman–Crippen LogP) is 4.24. The molecule has 1 aromatic heterocycles. The van der Waals surface area contributed by atoms with E-state index < -0.39 is 10.0 Å². The van der Waals surface area contributed by atoms with E-state index in [-0.39, 0.29) is 10.1 Å². The van der Waals surface area contributed by atoms with Crippen LogP contribution in [0.4, 0.5) is 5.69 Å². The van der Waals surface area contributed by atoms with Gasteiger partial charge in [-0.3, -0.25) is 9.10 Å². The van der Waals surface area contributed by atoms with Crippen molar-refractivity contribution in [3.63, 3.8) is 0 Å². The minimum absolute atomic E-state index is 0.163. The number of amides is 1. The van der Waals surface area contributed by atoms with E-state index >= 15 is 0 Å². The molecule has 0 saturated heterocycles. The molecule has 3 aromatic rings. The number of nitrogens with one attached hydrogen (secondary N) is 1. The molecule has 5 nitrogen and oxygen atoms in total. The summed E-state index contributed by atoms with van der Waals surface area (Å²) in [7, 11) is -2.07. The zero-order valence-corrected chi connectivity index (χ0v) is 18.1. The molecule has 1 amide bonds. The first-order valence-corrected chi connectivity index (χ1v) is 11.7. The lowest BCUT2D eigenvalue weighted by atomic mass is 10.1. The minimum Gasteiger partial charge on any atom is -0.352 e. The van der Waals surface area contributed by atoms with Gasteiger partial charge in [-0.15, -0.1) is 11.3 Å². The van der Waals surface area contributed by atoms with Crippen molar-refractivity contribution in [3.05, 3.63) is 82.7 Å². The summed E-state index contributed by atoms with van der Waals surface area (Å²) in [5.41, 5.74) is 3.50. The Morgan fingerprint density at radius 1 is 1.03 bits per heavy atom. The van der Waals surface area contributed by atoms with E-state index in [4.69, 9.17) is 0 Å². The number of hydrogen-bond acceptors (Lipinski definition) is 4. The number of benzene rings is 2. The number of carbonyl (C=O) groups is 1. The van der Waals surface area contributed by atoms with Crippen molar-refractivity contribution in [2.24, 2.45) is 0 Å². The van der Waals surface area contributed by atoms with Gasteiger partial charge in [0.15, 0.2) is 0 Å². The highest BCUT2D eigenvalue weighted by Crippen LogP contribution is 2.25. The van der Waals surface area contributed by atoms with Crippen molar-refractivity contribution in [2.75, 3.05) is 17.9 Å². The molecule has 0 aliphatic heterocycles. The fraction of sp³-hybridized carbons (Fsp3) is 0.227. The summed E-state index contributed by atoms with van der Waals surface area (Å²) in [5, 5.41) is 4.64. The second kappa shape index (κ2) is 9.24. The number of sulfonamides is 1. The molecule has 0 saturated carbocycles. The zero-order chi connectivity index (χ0) is 20.9. The Balaban J connectivity index is 1.54. The van der Waals surface area contributed by atoms with Gasteiger partial charge in [-0.25, -0.2) is 8.42 Å². The topological polar surface area (TPSA) is 66.5 Å². The number of aryl methyl sites for hydroxylation is 2. The number of anilines is 1. The van der Waals surface area contributed by atoms with Gasteiger partial charge in [-0.1, -0.05) is 35.9 Å². The number of nitrogens with zero attached hydrogens (tertiary/aromatic N) is 1. The zero-order valence-electron chi connectivity index (χ0n) is 16.5. The fourth-order valence-corrected chi connectivity index (χ4v) is 5.21. The minimum atomic E-state index is -3.58. The van der Waals surface area contributed by atoms with E-state index in [1.165, 1.54) is 33.8 Å². The summed E-state index contributed by atoms with van der Waals surface area (Å²) < 4.78 is 26.7. The molecule has 0 unspecified atom stereocenters. The second-order valence-corrected chi connectivity index (χ2v) is 9.94. The van der Waals surface area contributed by atoms with E-state index in [0.717, 1.165) is 12.8 Å². The highest BCUT2D eigenvalue weighted by Gasteiger charge is 2.22. The van der Waals surface area contributed by atoms with E-state index in [1.54, 1.807) is 41.8 Å². The summed E-state index contributed by atoms with van der Waals surface area (Å²) in [4.78, 5) is 12.3. The Bertz CT molecular complexity index is 1040. The first kappa shape index (κ1) is 21.1. The maximum atomic E-state index is 12.6. The monoisotopic (exact) mass is 428 g/mol. The predicted molar refractivity (Wildman–Crippen MR) is 118 cm³/mol. The molecular weight excluding hydrogens is 404 g/mol. The molecule has 3 rings (SSSR count). The average molecular weight is 429 g/mol. The molecule has 0 aliphatic rings. The van der Waals surface area contributed by atoms with E-state index in [9.17, 15) is 13.2 Å². The summed E-state index contributed by atoms with van der Waals surface area (Å²) in [5.74, 6) is -0.163. The van der Waals surface area contributed by atoms with Crippen LogP contribution in [0.25, 0.3) is 0 Å². The molecule has 0 spiro atoms. The van der Waals surface area contributed by atoms with Crippen molar-refractivity contribution in [1.29, 1.82) is 0 Å². The van der Waals surface area contributed by atoms with Crippen LogP contribution in [0.5, 0.6) is 0 Å². The highest BCUT2D eigenvalue weighted by atomic mass is 32.2. The SMILES string of the molecule is Cc1ccc(CCCNC(=O)c2ccc(N(C)S(=O)(=O)c3cccs3)cc2)cc1. The molecule has 29 heavy (non-hydrogen) atoms. The molecule has 2 aromatic carbocycles. The van der Waals surface area contributed by atoms with Crippen LogP contribution in [0.15, 0.2) is 70.3 Å². The van der Waals surface area contributed by atoms with Gasteiger partial charge in [0.25, 0.3) is 15.9 Å². The molecule has 1 heterocycles. The van der Waals surface area contributed by atoms with Crippen LogP contribution in [0.3, 0.4) is 0 Å². The van der Waals surface area contributed by atoms with Crippen LogP contribution in [-0.4, -0.2) is 27.9 Å². The number of carbonyl (C=O) groups excluding carboxylic acids is 1. The maximum absolute atomic E-state index is 12.6. The van der Waals surface area contributed by atoms with Crippen LogP contribution in [0.1, 0.15) is 27.9 Å². The molecule has 0 aliphatic carbocycles. The fourth-order valence-electron chi connectivity index (χ4n) is 2.86. The average Bonchev–Trinajstić information content (AvgIpc) is 3.28. The summed E-state index contributed by atoms with van der Waals surface area (Å²) in [6.45, 7) is 2.64. The van der Waals surface area contributed by atoms with Gasteiger partial charge in [-0.05, 0) is 61.0 Å². The summed E-state index contributed by atoms with van der Waals surface area (Å²) >= 11 is 1.18. The third-order valence-corrected chi connectivity index (χ3v) is 7.81. The number of thiophene rings is 1. The van der Waals surface area contributed by atoms with Gasteiger partial charge in [0.2, 0.25) is 0 Å². The molecule has 0 fully saturated rings. The molecule has 1 N–H and O–H groups in total. The van der Waals surface area contributed by atoms with Gasteiger partial charge in [-0.2, -0.15) is 0 Å². The van der Waals surface area contributed by atoms with Crippen LogP contribution in [-0.2, 0) is 16.4 Å². The Hall–Kier alpha value is -2.64. The van der Waals surface area contributed by atoms with Crippen molar-refractivity contribution >= 4 is 33.0 Å². The van der Waals surface area contributed by atoms with Gasteiger partial charge in [0.1, 0.15) is 4.21 Å². The molecule has 0 radical (unpaired) electrons. The van der Waals surface area contributed by atoms with Crippen molar-refractivity contribution in [3.8, 4) is 0 Å². The second-order valence-electron chi connectivity index (χ2n) is 6.80. The van der Waals surface area contributed by atoms with E-state index in [1.807, 2.05) is 0 Å². The lowest BCUT2D eigenvalue weighted by Crippen LogP contribution is -2.26. The van der Waals surface area contributed by atoms with Crippen LogP contribution in [0, 0.1) is 6.92 Å². The largest absolute Gasteiger partial charge is 0.352 e. The van der Waals surface area contributed by atoms with Gasteiger partial charge >= 0.3 is 0 Å². The third kappa shape index (κ3) is 5.25. The van der Waals surface area contributed by atoms with Gasteiger partial charge < -0.3 is 5.32 Å². The Morgan fingerprint density at radius 3 is 2.34 bits per heavy atom. The van der Waals surface area contributed by atoms with Crippen molar-refractivity contribution in [2.45, 2.75) is 24.0 Å². The molecular formula is C22H24N2O3S2. The lowest BCUT2D eigenvalue weighted by molar-refractivity contribution is 0.0953.